The highest BCUT2D eigenvalue weighted by Crippen LogP contribution is 2.14. The van der Waals surface area contributed by atoms with Crippen molar-refractivity contribution in [1.29, 1.82) is 0 Å². The zero-order chi connectivity index (χ0) is 18.7. The molecule has 0 atom stereocenters. The quantitative estimate of drug-likeness (QED) is 0.902. The molecule has 1 N–H and O–H groups in total. The monoisotopic (exact) mass is 356 g/mol. The lowest BCUT2D eigenvalue weighted by atomic mass is 10.1. The summed E-state index contributed by atoms with van der Waals surface area (Å²) in [6.07, 6.45) is 0.342. The number of carboxylic acid groups (broad SMARTS) is 1. The van der Waals surface area contributed by atoms with Crippen LogP contribution < -0.4 is 0 Å². The maximum Gasteiger partial charge on any atom is 0.371 e. The summed E-state index contributed by atoms with van der Waals surface area (Å²) >= 11 is 0. The first-order valence-electron chi connectivity index (χ1n) is 8.40. The third-order valence-corrected chi connectivity index (χ3v) is 4.42. The Morgan fingerprint density at radius 1 is 0.923 bits per heavy atom. The molecule has 0 spiro atoms. The first-order chi connectivity index (χ1) is 12.4. The van der Waals surface area contributed by atoms with E-state index in [2.05, 4.69) is 0 Å². The van der Waals surface area contributed by atoms with E-state index in [0.717, 1.165) is 11.1 Å². The van der Waals surface area contributed by atoms with E-state index in [9.17, 15) is 14.4 Å². The Bertz CT molecular complexity index is 817. The zero-order valence-corrected chi connectivity index (χ0v) is 14.5. The van der Waals surface area contributed by atoms with E-state index in [1.165, 1.54) is 12.1 Å². The average Bonchev–Trinajstić information content (AvgIpc) is 3.13. The number of piperazine rings is 1. The summed E-state index contributed by atoms with van der Waals surface area (Å²) in [5.41, 5.74) is 2.12. The van der Waals surface area contributed by atoms with Crippen LogP contribution in [0.25, 0.3) is 0 Å². The Hall–Kier alpha value is -3.09. The van der Waals surface area contributed by atoms with E-state index < -0.39 is 5.97 Å². The minimum absolute atomic E-state index is 0.00170. The number of hydrogen-bond donors (Lipinski definition) is 1. The Kier molecular flexibility index (Phi) is 5.06. The lowest BCUT2D eigenvalue weighted by Crippen LogP contribution is -2.50. The molecule has 3 rings (SSSR count). The zero-order valence-electron chi connectivity index (χ0n) is 14.5. The summed E-state index contributed by atoms with van der Waals surface area (Å²) in [7, 11) is 0. The summed E-state index contributed by atoms with van der Waals surface area (Å²) in [6.45, 7) is 3.68. The van der Waals surface area contributed by atoms with Gasteiger partial charge in [0.15, 0.2) is 5.76 Å². The Labute approximate surface area is 150 Å². The molecule has 7 nitrogen and oxygen atoms in total. The summed E-state index contributed by atoms with van der Waals surface area (Å²) in [5.74, 6) is -1.80. The normalized spacial score (nSPS) is 14.3. The van der Waals surface area contributed by atoms with Gasteiger partial charge in [0, 0.05) is 26.2 Å². The Balaban J connectivity index is 1.54. The second-order valence-electron chi connectivity index (χ2n) is 6.30. The number of rotatable bonds is 4. The number of carboxylic acids is 1. The molecule has 2 aromatic rings. The van der Waals surface area contributed by atoms with Crippen molar-refractivity contribution in [3.05, 3.63) is 59.0 Å². The number of carbonyl (C=O) groups is 3. The van der Waals surface area contributed by atoms with Crippen LogP contribution in [-0.4, -0.2) is 58.9 Å². The predicted octanol–water partition coefficient (Wildman–Crippen LogP) is 1.81. The molecule has 136 valence electrons. The van der Waals surface area contributed by atoms with Gasteiger partial charge in [0.05, 0.1) is 6.42 Å². The molecule has 1 aliphatic heterocycles. The van der Waals surface area contributed by atoms with Crippen molar-refractivity contribution in [2.45, 2.75) is 13.3 Å². The van der Waals surface area contributed by atoms with Crippen LogP contribution >= 0.6 is 0 Å². The van der Waals surface area contributed by atoms with E-state index in [4.69, 9.17) is 9.52 Å². The molecular formula is C19H20N2O5. The molecule has 26 heavy (non-hydrogen) atoms. The molecule has 1 aromatic carbocycles. The van der Waals surface area contributed by atoms with E-state index in [0.29, 0.717) is 32.6 Å². The fraction of sp³-hybridized carbons (Fsp3) is 0.316. The fourth-order valence-electron chi connectivity index (χ4n) is 2.87. The number of aryl methyl sites for hydroxylation is 1. The van der Waals surface area contributed by atoms with Crippen molar-refractivity contribution in [2.75, 3.05) is 26.2 Å². The van der Waals surface area contributed by atoms with Crippen molar-refractivity contribution in [1.82, 2.24) is 9.80 Å². The first-order valence-corrected chi connectivity index (χ1v) is 8.40. The number of hydrogen-bond acceptors (Lipinski definition) is 4. The van der Waals surface area contributed by atoms with Gasteiger partial charge in [-0.15, -0.1) is 0 Å². The molecule has 1 fully saturated rings. The summed E-state index contributed by atoms with van der Waals surface area (Å²) in [6, 6.07) is 10.5. The van der Waals surface area contributed by atoms with Gasteiger partial charge >= 0.3 is 5.97 Å². The van der Waals surface area contributed by atoms with Crippen LogP contribution in [0.5, 0.6) is 0 Å². The average molecular weight is 356 g/mol. The highest BCUT2D eigenvalue weighted by Gasteiger charge is 2.27. The fourth-order valence-corrected chi connectivity index (χ4v) is 2.87. The lowest BCUT2D eigenvalue weighted by Gasteiger charge is -2.34. The molecule has 0 radical (unpaired) electrons. The first kappa shape index (κ1) is 17.7. The van der Waals surface area contributed by atoms with Gasteiger partial charge in [-0.25, -0.2) is 4.79 Å². The molecular weight excluding hydrogens is 336 g/mol. The van der Waals surface area contributed by atoms with Gasteiger partial charge < -0.3 is 19.3 Å². The van der Waals surface area contributed by atoms with Crippen molar-refractivity contribution in [2.24, 2.45) is 0 Å². The topological polar surface area (TPSA) is 91.1 Å². The van der Waals surface area contributed by atoms with Gasteiger partial charge in [0.25, 0.3) is 5.91 Å². The second-order valence-corrected chi connectivity index (χ2v) is 6.30. The van der Waals surface area contributed by atoms with Gasteiger partial charge in [-0.1, -0.05) is 29.8 Å². The number of benzene rings is 1. The van der Waals surface area contributed by atoms with E-state index in [-0.39, 0.29) is 23.3 Å². The molecule has 7 heteroatoms. The van der Waals surface area contributed by atoms with Crippen LogP contribution in [0.3, 0.4) is 0 Å². The van der Waals surface area contributed by atoms with E-state index >= 15 is 0 Å². The number of carbonyl (C=O) groups excluding carboxylic acids is 2. The summed E-state index contributed by atoms with van der Waals surface area (Å²) in [5, 5.41) is 8.86. The third-order valence-electron chi connectivity index (χ3n) is 4.42. The van der Waals surface area contributed by atoms with Crippen LogP contribution in [-0.2, 0) is 11.2 Å². The molecule has 2 heterocycles. The largest absolute Gasteiger partial charge is 0.475 e. The van der Waals surface area contributed by atoms with Crippen LogP contribution in [0.2, 0.25) is 0 Å². The van der Waals surface area contributed by atoms with Crippen molar-refractivity contribution in [3.8, 4) is 0 Å². The smallest absolute Gasteiger partial charge is 0.371 e. The molecule has 2 amide bonds. The van der Waals surface area contributed by atoms with E-state index in [1.54, 1.807) is 9.80 Å². The van der Waals surface area contributed by atoms with Crippen LogP contribution in [0.4, 0.5) is 0 Å². The van der Waals surface area contributed by atoms with Gasteiger partial charge in [-0.3, -0.25) is 9.59 Å². The third kappa shape index (κ3) is 3.93. The highest BCUT2D eigenvalue weighted by molar-refractivity contribution is 5.93. The molecule has 1 saturated heterocycles. The minimum atomic E-state index is -1.21. The molecule has 0 unspecified atom stereocenters. The van der Waals surface area contributed by atoms with Gasteiger partial charge in [-0.05, 0) is 24.6 Å². The van der Waals surface area contributed by atoms with E-state index in [1.807, 2.05) is 31.2 Å². The van der Waals surface area contributed by atoms with Crippen LogP contribution in [0, 0.1) is 6.92 Å². The van der Waals surface area contributed by atoms with Crippen LogP contribution in [0.15, 0.2) is 40.8 Å². The van der Waals surface area contributed by atoms with Crippen molar-refractivity contribution < 1.29 is 23.9 Å². The molecule has 0 saturated carbocycles. The highest BCUT2D eigenvalue weighted by atomic mass is 16.4. The molecule has 1 aliphatic rings. The standard InChI is InChI=1S/C19H20N2O5/c1-13-2-4-14(5-3-13)12-17(22)20-8-10-21(11-9-20)18(23)15-6-7-16(26-15)19(24)25/h2-7H,8-12H2,1H3,(H,24,25). The van der Waals surface area contributed by atoms with Gasteiger partial charge in [0.1, 0.15) is 0 Å². The van der Waals surface area contributed by atoms with Crippen molar-refractivity contribution >= 4 is 17.8 Å². The maximum atomic E-state index is 12.4. The number of amides is 2. The second kappa shape index (κ2) is 7.43. The van der Waals surface area contributed by atoms with Gasteiger partial charge in [0.2, 0.25) is 11.7 Å². The number of nitrogens with zero attached hydrogens (tertiary/aromatic N) is 2. The molecule has 0 aliphatic carbocycles. The van der Waals surface area contributed by atoms with Crippen molar-refractivity contribution in [3.63, 3.8) is 0 Å². The summed E-state index contributed by atoms with van der Waals surface area (Å²) in [4.78, 5) is 38.9. The SMILES string of the molecule is Cc1ccc(CC(=O)N2CCN(C(=O)c3ccc(C(=O)O)o3)CC2)cc1. The number of aromatic carboxylic acids is 1. The predicted molar refractivity (Wildman–Crippen MR) is 93.0 cm³/mol. The maximum absolute atomic E-state index is 12.4. The summed E-state index contributed by atoms with van der Waals surface area (Å²) < 4.78 is 5.05. The van der Waals surface area contributed by atoms with Crippen LogP contribution in [0.1, 0.15) is 32.2 Å². The minimum Gasteiger partial charge on any atom is -0.475 e. The lowest BCUT2D eigenvalue weighted by molar-refractivity contribution is -0.131. The molecule has 0 bridgehead atoms. The number of furan rings is 1. The Morgan fingerprint density at radius 3 is 2.08 bits per heavy atom. The Morgan fingerprint density at radius 2 is 1.50 bits per heavy atom. The van der Waals surface area contributed by atoms with Gasteiger partial charge in [-0.2, -0.15) is 0 Å². The molecule has 1 aromatic heterocycles.